The Morgan fingerprint density at radius 3 is 2.33 bits per heavy atom. The number of ketones is 1. The Kier molecular flexibility index (Phi) is 2.59. The van der Waals surface area contributed by atoms with Crippen LogP contribution in [0.3, 0.4) is 0 Å². The first-order chi connectivity index (χ1) is 9.91. The molecule has 1 aliphatic rings. The first-order valence-electron chi connectivity index (χ1n) is 6.08. The summed E-state index contributed by atoms with van der Waals surface area (Å²) in [7, 11) is 0. The van der Waals surface area contributed by atoms with Crippen LogP contribution in [0.1, 0.15) is 37.4 Å². The molecule has 1 aliphatic carbocycles. The first-order valence-corrected chi connectivity index (χ1v) is 6.08. The maximum absolute atomic E-state index is 12.5. The largest absolute Gasteiger partial charge is 0.507 e. The third-order valence-electron chi connectivity index (χ3n) is 3.51. The molecule has 0 saturated carbocycles. The van der Waals surface area contributed by atoms with Crippen molar-refractivity contribution in [1.29, 1.82) is 0 Å². The Bertz CT molecular complexity index is 833. The molecular weight excluding hydrogens is 272 g/mol. The topological polar surface area (TPSA) is 94.8 Å². The summed E-state index contributed by atoms with van der Waals surface area (Å²) in [6.07, 6.45) is 0. The van der Waals surface area contributed by atoms with Crippen molar-refractivity contribution in [3.05, 3.63) is 64.7 Å². The van der Waals surface area contributed by atoms with E-state index in [0.717, 1.165) is 6.07 Å². The van der Waals surface area contributed by atoms with Gasteiger partial charge in [0.05, 0.1) is 16.7 Å². The number of aromatic hydroxyl groups is 2. The average Bonchev–Trinajstić information content (AvgIpc) is 2.43. The van der Waals surface area contributed by atoms with Crippen molar-refractivity contribution in [2.45, 2.75) is 0 Å². The molecule has 3 N–H and O–H groups in total. The first kappa shape index (κ1) is 12.9. The molecule has 3 rings (SSSR count). The van der Waals surface area contributed by atoms with Crippen molar-refractivity contribution in [1.82, 2.24) is 0 Å². The van der Waals surface area contributed by atoms with E-state index in [9.17, 15) is 19.8 Å². The van der Waals surface area contributed by atoms with Crippen molar-refractivity contribution in [2.75, 3.05) is 0 Å². The van der Waals surface area contributed by atoms with Gasteiger partial charge >= 0.3 is 5.97 Å². The van der Waals surface area contributed by atoms with Gasteiger partial charge in [0.25, 0.3) is 0 Å². The Morgan fingerprint density at radius 1 is 1.00 bits per heavy atom. The van der Waals surface area contributed by atoms with Crippen LogP contribution in [0.5, 0.6) is 11.5 Å². The van der Waals surface area contributed by atoms with E-state index >= 15 is 0 Å². The fourth-order valence-corrected chi connectivity index (χ4v) is 2.53. The molecule has 0 aromatic heterocycles. The Morgan fingerprint density at radius 2 is 1.67 bits per heavy atom. The summed E-state index contributed by atoms with van der Waals surface area (Å²) in [5.41, 5.74) is 0.954. The van der Waals surface area contributed by atoms with Gasteiger partial charge in [0.15, 0.2) is 0 Å². The van der Waals surface area contributed by atoms with Crippen molar-refractivity contribution in [3.63, 3.8) is 0 Å². The van der Waals surface area contributed by atoms with Gasteiger partial charge in [0, 0.05) is 0 Å². The highest BCUT2D eigenvalue weighted by Crippen LogP contribution is 2.42. The van der Waals surface area contributed by atoms with Crippen LogP contribution in [0.4, 0.5) is 0 Å². The number of hydrogen-bond acceptors (Lipinski definition) is 4. The van der Waals surface area contributed by atoms with Gasteiger partial charge in [-0.15, -0.1) is 0 Å². The zero-order valence-electron chi connectivity index (χ0n) is 10.8. The Labute approximate surface area is 119 Å². The minimum Gasteiger partial charge on any atom is -0.507 e. The number of aromatic carboxylic acids is 1. The molecule has 2 aromatic carbocycles. The van der Waals surface area contributed by atoms with Crippen molar-refractivity contribution < 1.29 is 24.9 Å². The van der Waals surface area contributed by atoms with Crippen molar-refractivity contribution in [3.8, 4) is 11.5 Å². The van der Waals surface area contributed by atoms with Gasteiger partial charge in [-0.2, -0.15) is 0 Å². The number of carbonyl (C=O) groups excluding carboxylic acids is 1. The van der Waals surface area contributed by atoms with E-state index in [1.807, 2.05) is 0 Å². The lowest BCUT2D eigenvalue weighted by molar-refractivity contribution is 0.0695. The monoisotopic (exact) mass is 282 g/mol. The van der Waals surface area contributed by atoms with Crippen LogP contribution in [0.15, 0.2) is 36.9 Å². The molecule has 0 bridgehead atoms. The molecule has 0 heterocycles. The standard InChI is InChI=1S/C16H10O5/c1-7-9-3-2-4-11(17)13(9)15(19)14-10(7)5-8(16(20)21)6-12(14)18/h2-6,17-18H,1H2,(H,20,21). The van der Waals surface area contributed by atoms with E-state index in [1.54, 1.807) is 12.1 Å². The highest BCUT2D eigenvalue weighted by Gasteiger charge is 2.31. The molecule has 5 heteroatoms. The molecule has 21 heavy (non-hydrogen) atoms. The minimum atomic E-state index is -1.21. The minimum absolute atomic E-state index is 0.0426. The second kappa shape index (κ2) is 4.21. The van der Waals surface area contributed by atoms with Crippen LogP contribution in [-0.2, 0) is 0 Å². The van der Waals surface area contributed by atoms with Gasteiger partial charge in [0.1, 0.15) is 11.5 Å². The van der Waals surface area contributed by atoms with Gasteiger partial charge in [-0.05, 0) is 34.9 Å². The van der Waals surface area contributed by atoms with E-state index in [0.29, 0.717) is 11.1 Å². The van der Waals surface area contributed by atoms with E-state index in [4.69, 9.17) is 5.11 Å². The third kappa shape index (κ3) is 1.71. The van der Waals surface area contributed by atoms with Crippen molar-refractivity contribution in [2.24, 2.45) is 0 Å². The molecule has 5 nitrogen and oxygen atoms in total. The normalized spacial score (nSPS) is 12.8. The maximum atomic E-state index is 12.5. The van der Waals surface area contributed by atoms with E-state index in [1.165, 1.54) is 12.1 Å². The van der Waals surface area contributed by atoms with Crippen LogP contribution in [0.25, 0.3) is 5.57 Å². The summed E-state index contributed by atoms with van der Waals surface area (Å²) in [5, 5.41) is 28.9. The SMILES string of the molecule is C=C1c2cccc(O)c2C(=O)c2c(O)cc(C(=O)O)cc21. The van der Waals surface area contributed by atoms with Crippen LogP contribution in [-0.4, -0.2) is 27.1 Å². The Hall–Kier alpha value is -3.08. The lowest BCUT2D eigenvalue weighted by atomic mass is 9.80. The predicted octanol–water partition coefficient (Wildman–Crippen LogP) is 2.40. The molecule has 0 atom stereocenters. The summed E-state index contributed by atoms with van der Waals surface area (Å²) in [4.78, 5) is 23.5. The maximum Gasteiger partial charge on any atom is 0.335 e. The van der Waals surface area contributed by atoms with Gasteiger partial charge in [-0.3, -0.25) is 4.79 Å². The number of phenolic OH excluding ortho intramolecular Hbond substituents is 2. The number of fused-ring (bicyclic) bond motifs is 2. The molecule has 0 aliphatic heterocycles. The molecule has 0 radical (unpaired) electrons. The lowest BCUT2D eigenvalue weighted by Crippen LogP contribution is -2.15. The number of rotatable bonds is 1. The Balaban J connectivity index is 2.36. The molecule has 0 unspecified atom stereocenters. The van der Waals surface area contributed by atoms with Crippen LogP contribution < -0.4 is 0 Å². The summed E-state index contributed by atoms with van der Waals surface area (Å²) in [6, 6.07) is 6.86. The van der Waals surface area contributed by atoms with Crippen LogP contribution in [0, 0.1) is 0 Å². The molecule has 0 spiro atoms. The second-order valence-electron chi connectivity index (χ2n) is 4.73. The summed E-state index contributed by atoms with van der Waals surface area (Å²) >= 11 is 0. The summed E-state index contributed by atoms with van der Waals surface area (Å²) < 4.78 is 0. The number of carboxylic acid groups (broad SMARTS) is 1. The zero-order chi connectivity index (χ0) is 15.3. The smallest absolute Gasteiger partial charge is 0.335 e. The molecule has 2 aromatic rings. The second-order valence-corrected chi connectivity index (χ2v) is 4.73. The molecule has 0 fully saturated rings. The zero-order valence-corrected chi connectivity index (χ0v) is 10.8. The highest BCUT2D eigenvalue weighted by atomic mass is 16.4. The highest BCUT2D eigenvalue weighted by molar-refractivity contribution is 6.21. The van der Waals surface area contributed by atoms with Gasteiger partial charge in [-0.25, -0.2) is 4.79 Å². The van der Waals surface area contributed by atoms with E-state index in [-0.39, 0.29) is 28.0 Å². The summed E-state index contributed by atoms with van der Waals surface area (Å²) in [5.74, 6) is -2.41. The van der Waals surface area contributed by atoms with Gasteiger partial charge in [-0.1, -0.05) is 18.7 Å². The number of carbonyl (C=O) groups is 2. The predicted molar refractivity (Wildman–Crippen MR) is 74.7 cm³/mol. The van der Waals surface area contributed by atoms with Gasteiger partial charge in [0.2, 0.25) is 5.78 Å². The molecule has 104 valence electrons. The van der Waals surface area contributed by atoms with Crippen LogP contribution in [0.2, 0.25) is 0 Å². The summed E-state index contributed by atoms with van der Waals surface area (Å²) in [6.45, 7) is 3.85. The van der Waals surface area contributed by atoms with E-state index < -0.39 is 17.5 Å². The van der Waals surface area contributed by atoms with Gasteiger partial charge < -0.3 is 15.3 Å². The molecule has 0 saturated heterocycles. The number of benzene rings is 2. The van der Waals surface area contributed by atoms with E-state index in [2.05, 4.69) is 6.58 Å². The fourth-order valence-electron chi connectivity index (χ4n) is 2.53. The van der Waals surface area contributed by atoms with Crippen LogP contribution >= 0.6 is 0 Å². The third-order valence-corrected chi connectivity index (χ3v) is 3.51. The fraction of sp³-hybridized carbons (Fsp3) is 0. The number of carboxylic acids is 1. The van der Waals surface area contributed by atoms with Crippen molar-refractivity contribution >= 4 is 17.3 Å². The number of hydrogen-bond donors (Lipinski definition) is 3. The quantitative estimate of drug-likeness (QED) is 0.637. The molecule has 0 amide bonds. The lowest BCUT2D eigenvalue weighted by Gasteiger charge is -2.22. The molecular formula is C16H10O5. The average molecular weight is 282 g/mol. The number of phenols is 2.